The third-order valence-electron chi connectivity index (χ3n) is 6.82. The third kappa shape index (κ3) is 4.05. The Labute approximate surface area is 172 Å². The normalized spacial score (nSPS) is 20.9. The second-order valence-corrected chi connectivity index (χ2v) is 15.1. The highest BCUT2D eigenvalue weighted by atomic mass is 28.3. The van der Waals surface area contributed by atoms with Gasteiger partial charge in [0.25, 0.3) is 0 Å². The fourth-order valence-corrected chi connectivity index (χ4v) is 12.7. The highest BCUT2D eigenvalue weighted by Crippen LogP contribution is 2.52. The minimum atomic E-state index is -2.08. The number of rotatable bonds is 9. The molecule has 0 aliphatic heterocycles. The summed E-state index contributed by atoms with van der Waals surface area (Å²) < 4.78 is 12.1. The van der Waals surface area contributed by atoms with Crippen LogP contribution in [0.15, 0.2) is 41.1 Å². The van der Waals surface area contributed by atoms with Crippen molar-refractivity contribution in [3.63, 3.8) is 0 Å². The van der Waals surface area contributed by atoms with Gasteiger partial charge in [-0.2, -0.15) is 0 Å². The van der Waals surface area contributed by atoms with Gasteiger partial charge in [0.1, 0.15) is 0 Å². The second-order valence-electron chi connectivity index (χ2n) is 9.26. The first-order valence-corrected chi connectivity index (χ1v) is 12.8. The molecule has 0 radical (unpaired) electrons. The lowest BCUT2D eigenvalue weighted by molar-refractivity contribution is -0.117. The van der Waals surface area contributed by atoms with Gasteiger partial charge in [0.15, 0.2) is 5.78 Å². The van der Waals surface area contributed by atoms with Crippen LogP contribution in [0.5, 0.6) is 0 Å². The lowest BCUT2D eigenvalue weighted by atomic mass is 9.98. The number of ether oxygens (including phenoxy) is 2. The van der Waals surface area contributed by atoms with Crippen molar-refractivity contribution in [2.75, 3.05) is 13.7 Å². The predicted molar refractivity (Wildman–Crippen MR) is 119 cm³/mol. The molecule has 0 aromatic heterocycles. The Morgan fingerprint density at radius 2 is 1.50 bits per heavy atom. The topological polar surface area (TPSA) is 35.5 Å². The molecule has 1 aliphatic carbocycles. The van der Waals surface area contributed by atoms with Crippen LogP contribution >= 0.6 is 0 Å². The molecule has 0 bridgehead atoms. The molecular weight excluding hydrogens is 364 g/mol. The van der Waals surface area contributed by atoms with Crippen LogP contribution in [0.4, 0.5) is 0 Å². The molecule has 1 unspecified atom stereocenters. The zero-order valence-electron chi connectivity index (χ0n) is 19.0. The summed E-state index contributed by atoms with van der Waals surface area (Å²) in [4.78, 5) is 13.4. The Hall–Kier alpha value is -1.23. The molecule has 0 fully saturated rings. The SMILES string of the molecule is COC1(C)CC(=O)C([Si](C(C)C)(C(C)C)C(C)C)=C1COCc1ccccc1. The van der Waals surface area contributed by atoms with Crippen LogP contribution in [0.3, 0.4) is 0 Å². The van der Waals surface area contributed by atoms with E-state index in [2.05, 4.69) is 60.6 Å². The van der Waals surface area contributed by atoms with Crippen LogP contribution in [0.25, 0.3) is 0 Å². The van der Waals surface area contributed by atoms with E-state index < -0.39 is 13.7 Å². The average Bonchev–Trinajstić information content (AvgIpc) is 2.87. The Bertz CT molecular complexity index is 684. The quantitative estimate of drug-likeness (QED) is 0.468. The first-order chi connectivity index (χ1) is 13.1. The maximum Gasteiger partial charge on any atom is 0.158 e. The number of carbonyl (C=O) groups is 1. The summed E-state index contributed by atoms with van der Waals surface area (Å²) >= 11 is 0. The van der Waals surface area contributed by atoms with Gasteiger partial charge in [0, 0.05) is 13.5 Å². The molecule has 156 valence electrons. The molecule has 28 heavy (non-hydrogen) atoms. The number of methoxy groups -OCH3 is 1. The number of allylic oxidation sites excluding steroid dienone is 1. The van der Waals surface area contributed by atoms with Gasteiger partial charge in [-0.15, -0.1) is 0 Å². The molecule has 1 atom stereocenters. The molecule has 3 nitrogen and oxygen atoms in total. The van der Waals surface area contributed by atoms with Crippen LogP contribution in [-0.2, 0) is 20.9 Å². The molecule has 0 saturated heterocycles. The number of carbonyl (C=O) groups excluding carboxylic acids is 1. The van der Waals surface area contributed by atoms with Crippen LogP contribution in [0.2, 0.25) is 16.6 Å². The van der Waals surface area contributed by atoms with E-state index in [-0.39, 0.29) is 5.78 Å². The highest BCUT2D eigenvalue weighted by molar-refractivity contribution is 6.93. The minimum absolute atomic E-state index is 0.283. The van der Waals surface area contributed by atoms with Crippen molar-refractivity contribution >= 4 is 13.9 Å². The Morgan fingerprint density at radius 1 is 0.964 bits per heavy atom. The molecule has 0 amide bonds. The van der Waals surface area contributed by atoms with Gasteiger partial charge >= 0.3 is 0 Å². The number of benzene rings is 1. The lowest BCUT2D eigenvalue weighted by Gasteiger charge is -2.44. The lowest BCUT2D eigenvalue weighted by Crippen LogP contribution is -2.49. The van der Waals surface area contributed by atoms with E-state index in [4.69, 9.17) is 9.47 Å². The zero-order chi connectivity index (χ0) is 21.1. The van der Waals surface area contributed by atoms with Crippen molar-refractivity contribution in [2.24, 2.45) is 0 Å². The number of hydrogen-bond acceptors (Lipinski definition) is 3. The number of ketones is 1. The molecule has 1 aromatic rings. The van der Waals surface area contributed by atoms with E-state index in [0.717, 1.165) is 16.3 Å². The first kappa shape index (κ1) is 23.0. The third-order valence-corrected chi connectivity index (χ3v) is 14.0. The monoisotopic (exact) mass is 402 g/mol. The van der Waals surface area contributed by atoms with Gasteiger partial charge in [0.05, 0.1) is 26.9 Å². The van der Waals surface area contributed by atoms with Gasteiger partial charge in [-0.3, -0.25) is 4.79 Å². The highest BCUT2D eigenvalue weighted by Gasteiger charge is 2.55. The summed E-state index contributed by atoms with van der Waals surface area (Å²) in [5, 5.41) is 1.10. The molecule has 2 rings (SSSR count). The Kier molecular flexibility index (Phi) is 7.46. The summed E-state index contributed by atoms with van der Waals surface area (Å²) in [5.74, 6) is 0.283. The first-order valence-electron chi connectivity index (χ1n) is 10.5. The fourth-order valence-electron chi connectivity index (χ4n) is 5.57. The summed E-state index contributed by atoms with van der Waals surface area (Å²) in [5.41, 5.74) is 3.13. The average molecular weight is 403 g/mol. The van der Waals surface area contributed by atoms with Gasteiger partial charge in [-0.05, 0) is 39.9 Å². The van der Waals surface area contributed by atoms with Crippen molar-refractivity contribution in [1.29, 1.82) is 0 Å². The summed E-state index contributed by atoms with van der Waals surface area (Å²) in [6, 6.07) is 10.2. The van der Waals surface area contributed by atoms with E-state index in [1.807, 2.05) is 18.2 Å². The van der Waals surface area contributed by atoms with E-state index in [1.54, 1.807) is 7.11 Å². The van der Waals surface area contributed by atoms with Gasteiger partial charge in [-0.25, -0.2) is 0 Å². The van der Waals surface area contributed by atoms with Crippen LogP contribution in [0.1, 0.15) is 60.5 Å². The maximum atomic E-state index is 13.4. The number of Topliss-reactive ketones (excluding diaryl/α,β-unsaturated/α-hetero) is 1. The van der Waals surface area contributed by atoms with Gasteiger partial charge in [-0.1, -0.05) is 71.9 Å². The van der Waals surface area contributed by atoms with E-state index in [0.29, 0.717) is 36.3 Å². The van der Waals surface area contributed by atoms with Crippen LogP contribution in [0, 0.1) is 0 Å². The maximum absolute atomic E-state index is 13.4. The van der Waals surface area contributed by atoms with E-state index in [1.165, 1.54) is 0 Å². The summed E-state index contributed by atoms with van der Waals surface area (Å²) in [6.07, 6.45) is 0.434. The largest absolute Gasteiger partial charge is 0.374 e. The predicted octanol–water partition coefficient (Wildman–Crippen LogP) is 6.10. The van der Waals surface area contributed by atoms with Crippen molar-refractivity contribution in [3.8, 4) is 0 Å². The molecular formula is C24H38O3Si. The Morgan fingerprint density at radius 3 is 1.96 bits per heavy atom. The molecule has 0 N–H and O–H groups in total. The second kappa shape index (κ2) is 9.06. The van der Waals surface area contributed by atoms with Crippen LogP contribution < -0.4 is 0 Å². The van der Waals surface area contributed by atoms with Crippen molar-refractivity contribution in [2.45, 2.75) is 83.7 Å². The fraction of sp³-hybridized carbons (Fsp3) is 0.625. The molecule has 0 spiro atoms. The Balaban J connectivity index is 2.50. The molecule has 1 aliphatic rings. The molecule has 0 heterocycles. The zero-order valence-corrected chi connectivity index (χ0v) is 20.0. The molecule has 0 saturated carbocycles. The minimum Gasteiger partial charge on any atom is -0.374 e. The van der Waals surface area contributed by atoms with Gasteiger partial charge < -0.3 is 9.47 Å². The van der Waals surface area contributed by atoms with Crippen molar-refractivity contribution in [3.05, 3.63) is 46.7 Å². The molecule has 1 aromatic carbocycles. The van der Waals surface area contributed by atoms with Crippen molar-refractivity contribution < 1.29 is 14.3 Å². The summed E-state index contributed by atoms with van der Waals surface area (Å²) in [7, 11) is -0.366. The number of hydrogen-bond donors (Lipinski definition) is 0. The van der Waals surface area contributed by atoms with Gasteiger partial charge in [0.2, 0.25) is 0 Å². The van der Waals surface area contributed by atoms with Crippen LogP contribution in [-0.4, -0.2) is 33.2 Å². The summed E-state index contributed by atoms with van der Waals surface area (Å²) in [6.45, 7) is 16.9. The standard InChI is InChI=1S/C24H38O3Si/c1-17(2)28(18(3)4,19(5)6)23-21(24(7,26-8)14-22(23)25)16-27-15-20-12-10-9-11-13-20/h9-13,17-19H,14-16H2,1-8H3. The molecule has 4 heteroatoms. The van der Waals surface area contributed by atoms with Crippen molar-refractivity contribution in [1.82, 2.24) is 0 Å². The van der Waals surface area contributed by atoms with E-state index in [9.17, 15) is 4.79 Å². The smallest absolute Gasteiger partial charge is 0.158 e. The van der Waals surface area contributed by atoms with E-state index >= 15 is 0 Å².